The van der Waals surface area contributed by atoms with E-state index in [2.05, 4.69) is 20.2 Å². The molecule has 19 heavy (non-hydrogen) atoms. The molecular weight excluding hydrogens is 240 g/mol. The third-order valence-electron chi connectivity index (χ3n) is 3.24. The van der Waals surface area contributed by atoms with Crippen LogP contribution in [-0.4, -0.2) is 29.0 Å². The summed E-state index contributed by atoms with van der Waals surface area (Å²) >= 11 is 0. The normalized spacial score (nSPS) is 14.7. The molecule has 1 aromatic rings. The van der Waals surface area contributed by atoms with E-state index < -0.39 is 0 Å². The van der Waals surface area contributed by atoms with Crippen molar-refractivity contribution in [1.82, 2.24) is 15.3 Å². The lowest BCUT2D eigenvalue weighted by molar-refractivity contribution is -0.121. The van der Waals surface area contributed by atoms with E-state index in [9.17, 15) is 4.79 Å². The Morgan fingerprint density at radius 1 is 1.37 bits per heavy atom. The quantitative estimate of drug-likeness (QED) is 0.879. The van der Waals surface area contributed by atoms with E-state index in [4.69, 9.17) is 0 Å². The van der Waals surface area contributed by atoms with Gasteiger partial charge in [0.05, 0.1) is 6.54 Å². The number of hydrogen-bond acceptors (Lipinski definition) is 4. The van der Waals surface area contributed by atoms with Crippen molar-refractivity contribution in [3.05, 3.63) is 17.6 Å². The van der Waals surface area contributed by atoms with Crippen LogP contribution in [0.3, 0.4) is 0 Å². The predicted octanol–water partition coefficient (Wildman–Crippen LogP) is 1.80. The highest BCUT2D eigenvalue weighted by molar-refractivity contribution is 5.75. The maximum absolute atomic E-state index is 11.5. The maximum Gasteiger partial charge on any atom is 0.220 e. The van der Waals surface area contributed by atoms with Crippen molar-refractivity contribution in [1.29, 1.82) is 0 Å². The highest BCUT2D eigenvalue weighted by Crippen LogP contribution is 2.18. The Balaban J connectivity index is 2.02. The lowest BCUT2D eigenvalue weighted by atomic mass is 10.3. The summed E-state index contributed by atoms with van der Waals surface area (Å²) in [7, 11) is 0. The van der Waals surface area contributed by atoms with Crippen LogP contribution in [0.25, 0.3) is 0 Å². The molecule has 0 aromatic carbocycles. The molecule has 2 heterocycles. The van der Waals surface area contributed by atoms with Gasteiger partial charge in [-0.1, -0.05) is 6.92 Å². The van der Waals surface area contributed by atoms with Gasteiger partial charge in [0.2, 0.25) is 5.91 Å². The fourth-order valence-corrected chi connectivity index (χ4v) is 2.29. The number of nitrogens with one attached hydrogen (secondary N) is 1. The second-order valence-electron chi connectivity index (χ2n) is 5.00. The van der Waals surface area contributed by atoms with E-state index in [1.807, 2.05) is 19.9 Å². The van der Waals surface area contributed by atoms with E-state index >= 15 is 0 Å². The average molecular weight is 262 g/mol. The molecule has 1 aromatic heterocycles. The largest absolute Gasteiger partial charge is 0.357 e. The van der Waals surface area contributed by atoms with Gasteiger partial charge in [0.1, 0.15) is 11.6 Å². The highest BCUT2D eigenvalue weighted by Gasteiger charge is 2.15. The summed E-state index contributed by atoms with van der Waals surface area (Å²) in [5.74, 6) is 1.76. The highest BCUT2D eigenvalue weighted by atomic mass is 16.1. The van der Waals surface area contributed by atoms with Crippen molar-refractivity contribution in [2.45, 2.75) is 46.1 Å². The number of rotatable bonds is 5. The summed E-state index contributed by atoms with van der Waals surface area (Å²) in [5, 5.41) is 2.86. The molecule has 1 N–H and O–H groups in total. The molecule has 1 amide bonds. The Hall–Kier alpha value is -1.65. The summed E-state index contributed by atoms with van der Waals surface area (Å²) < 4.78 is 0. The lowest BCUT2D eigenvalue weighted by Gasteiger charge is -2.17. The number of anilines is 1. The van der Waals surface area contributed by atoms with Gasteiger partial charge < -0.3 is 10.2 Å². The SMILES string of the molecule is CCCC(=O)NCc1nc(C)cc(N2CCCC2)n1. The number of aromatic nitrogens is 2. The average Bonchev–Trinajstić information content (AvgIpc) is 2.90. The summed E-state index contributed by atoms with van der Waals surface area (Å²) in [5.41, 5.74) is 0.955. The van der Waals surface area contributed by atoms with Crippen LogP contribution in [0.4, 0.5) is 5.82 Å². The minimum atomic E-state index is 0.0651. The lowest BCUT2D eigenvalue weighted by Crippen LogP contribution is -2.25. The first-order valence-electron chi connectivity index (χ1n) is 7.05. The first-order chi connectivity index (χ1) is 9.19. The molecule has 2 rings (SSSR count). The molecule has 0 radical (unpaired) electrons. The van der Waals surface area contributed by atoms with Gasteiger partial charge in [0.25, 0.3) is 0 Å². The second kappa shape index (κ2) is 6.50. The van der Waals surface area contributed by atoms with Crippen molar-refractivity contribution < 1.29 is 4.79 Å². The van der Waals surface area contributed by atoms with E-state index in [1.165, 1.54) is 12.8 Å². The number of nitrogens with zero attached hydrogens (tertiary/aromatic N) is 3. The van der Waals surface area contributed by atoms with Gasteiger partial charge in [-0.05, 0) is 26.2 Å². The number of carbonyl (C=O) groups excluding carboxylic acids is 1. The van der Waals surface area contributed by atoms with Crippen LogP contribution in [0.15, 0.2) is 6.07 Å². The maximum atomic E-state index is 11.5. The molecule has 0 atom stereocenters. The van der Waals surface area contributed by atoms with Crippen molar-refractivity contribution in [2.24, 2.45) is 0 Å². The monoisotopic (exact) mass is 262 g/mol. The van der Waals surface area contributed by atoms with Crippen molar-refractivity contribution in [3.8, 4) is 0 Å². The standard InChI is InChI=1S/C14H22N4O/c1-3-6-14(19)15-10-12-16-11(2)9-13(17-12)18-7-4-5-8-18/h9H,3-8,10H2,1-2H3,(H,15,19). The van der Waals surface area contributed by atoms with Crippen molar-refractivity contribution >= 4 is 11.7 Å². The van der Waals surface area contributed by atoms with Gasteiger partial charge in [-0.3, -0.25) is 4.79 Å². The van der Waals surface area contributed by atoms with Gasteiger partial charge in [-0.2, -0.15) is 0 Å². The van der Waals surface area contributed by atoms with Crippen LogP contribution in [0, 0.1) is 6.92 Å². The smallest absolute Gasteiger partial charge is 0.220 e. The van der Waals surface area contributed by atoms with Crippen molar-refractivity contribution in [2.75, 3.05) is 18.0 Å². The molecular formula is C14H22N4O. The Bertz CT molecular complexity index is 441. The summed E-state index contributed by atoms with van der Waals surface area (Å²) in [6, 6.07) is 2.02. The third-order valence-corrected chi connectivity index (χ3v) is 3.24. The minimum absolute atomic E-state index is 0.0651. The third kappa shape index (κ3) is 3.91. The van der Waals surface area contributed by atoms with Crippen molar-refractivity contribution in [3.63, 3.8) is 0 Å². The van der Waals surface area contributed by atoms with E-state index in [0.29, 0.717) is 18.8 Å². The molecule has 1 aliphatic heterocycles. The van der Waals surface area contributed by atoms with Gasteiger partial charge in [-0.15, -0.1) is 0 Å². The van der Waals surface area contributed by atoms with Crippen LogP contribution in [0.5, 0.6) is 0 Å². The topological polar surface area (TPSA) is 58.1 Å². The van der Waals surface area contributed by atoms with E-state index in [0.717, 1.165) is 31.0 Å². The zero-order chi connectivity index (χ0) is 13.7. The van der Waals surface area contributed by atoms with Crippen LogP contribution < -0.4 is 10.2 Å². The van der Waals surface area contributed by atoms with Crippen LogP contribution in [-0.2, 0) is 11.3 Å². The molecule has 1 aliphatic rings. The molecule has 5 heteroatoms. The number of aryl methyl sites for hydroxylation is 1. The van der Waals surface area contributed by atoms with Gasteiger partial charge in [0, 0.05) is 31.3 Å². The zero-order valence-corrected chi connectivity index (χ0v) is 11.8. The fraction of sp³-hybridized carbons (Fsp3) is 0.643. The van der Waals surface area contributed by atoms with Crippen LogP contribution >= 0.6 is 0 Å². The zero-order valence-electron chi connectivity index (χ0n) is 11.8. The molecule has 0 bridgehead atoms. The Labute approximate surface area is 114 Å². The Kier molecular flexibility index (Phi) is 4.71. The second-order valence-corrected chi connectivity index (χ2v) is 5.00. The summed E-state index contributed by atoms with van der Waals surface area (Å²) in [6.45, 7) is 6.52. The van der Waals surface area contributed by atoms with Gasteiger partial charge in [-0.25, -0.2) is 9.97 Å². The molecule has 1 fully saturated rings. The fourth-order valence-electron chi connectivity index (χ4n) is 2.29. The number of hydrogen-bond donors (Lipinski definition) is 1. The van der Waals surface area contributed by atoms with Crippen LogP contribution in [0.1, 0.15) is 44.1 Å². The molecule has 0 aliphatic carbocycles. The molecule has 5 nitrogen and oxygen atoms in total. The summed E-state index contributed by atoms with van der Waals surface area (Å²) in [6.07, 6.45) is 3.88. The van der Waals surface area contributed by atoms with Crippen LogP contribution in [0.2, 0.25) is 0 Å². The molecule has 104 valence electrons. The number of carbonyl (C=O) groups is 1. The first kappa shape index (κ1) is 13.8. The van der Waals surface area contributed by atoms with Gasteiger partial charge >= 0.3 is 0 Å². The van der Waals surface area contributed by atoms with E-state index in [-0.39, 0.29) is 5.91 Å². The summed E-state index contributed by atoms with van der Waals surface area (Å²) in [4.78, 5) is 22.7. The first-order valence-corrected chi connectivity index (χ1v) is 7.05. The molecule has 0 saturated carbocycles. The molecule has 0 unspecified atom stereocenters. The molecule has 0 spiro atoms. The number of amides is 1. The minimum Gasteiger partial charge on any atom is -0.357 e. The Morgan fingerprint density at radius 3 is 2.79 bits per heavy atom. The predicted molar refractivity (Wildman–Crippen MR) is 75.0 cm³/mol. The molecule has 1 saturated heterocycles. The van der Waals surface area contributed by atoms with Gasteiger partial charge in [0.15, 0.2) is 0 Å². The van der Waals surface area contributed by atoms with E-state index in [1.54, 1.807) is 0 Å². The Morgan fingerprint density at radius 2 is 2.11 bits per heavy atom.